The van der Waals surface area contributed by atoms with Crippen molar-refractivity contribution in [3.05, 3.63) is 29.3 Å². The Labute approximate surface area is 121 Å². The normalized spacial score (nSPS) is 19.3. The molecule has 0 amide bonds. The molecule has 0 aromatic heterocycles. The second kappa shape index (κ2) is 6.47. The van der Waals surface area contributed by atoms with E-state index in [0.717, 1.165) is 25.3 Å². The maximum absolute atomic E-state index is 12.9. The third-order valence-electron chi connectivity index (χ3n) is 3.66. The molecule has 1 fully saturated rings. The number of alkyl halides is 3. The fourth-order valence-electron chi connectivity index (χ4n) is 2.49. The highest BCUT2D eigenvalue weighted by atomic mass is 19.4. The highest BCUT2D eigenvalue weighted by Crippen LogP contribution is 2.34. The Bertz CT molecular complexity index is 496. The summed E-state index contributed by atoms with van der Waals surface area (Å²) in [6, 6.07) is 3.76. The number of halogens is 3. The zero-order chi connectivity index (χ0) is 15.5. The van der Waals surface area contributed by atoms with Crippen LogP contribution in [0.25, 0.3) is 0 Å². The molecule has 0 aliphatic carbocycles. The molecule has 0 N–H and O–H groups in total. The Hall–Kier alpha value is -1.56. The van der Waals surface area contributed by atoms with Crippen LogP contribution in [0.5, 0.6) is 0 Å². The van der Waals surface area contributed by atoms with Crippen molar-refractivity contribution in [1.29, 1.82) is 0 Å². The third kappa shape index (κ3) is 3.97. The minimum absolute atomic E-state index is 0.0452. The quantitative estimate of drug-likeness (QED) is 0.797. The van der Waals surface area contributed by atoms with Crippen molar-refractivity contribution in [1.82, 2.24) is 0 Å². The molecule has 0 bridgehead atoms. The zero-order valence-corrected chi connectivity index (χ0v) is 11.8. The van der Waals surface area contributed by atoms with Crippen molar-refractivity contribution in [2.24, 2.45) is 0 Å². The summed E-state index contributed by atoms with van der Waals surface area (Å²) >= 11 is 0. The van der Waals surface area contributed by atoms with Gasteiger partial charge in [-0.1, -0.05) is 0 Å². The van der Waals surface area contributed by atoms with Crippen LogP contribution in [-0.2, 0) is 10.9 Å². The molecule has 1 unspecified atom stereocenters. The van der Waals surface area contributed by atoms with Crippen molar-refractivity contribution >= 4 is 12.0 Å². The molecular weight excluding hydrogens is 283 g/mol. The maximum atomic E-state index is 12.9. The van der Waals surface area contributed by atoms with Gasteiger partial charge in [0.05, 0.1) is 11.7 Å². The predicted molar refractivity (Wildman–Crippen MR) is 73.7 cm³/mol. The van der Waals surface area contributed by atoms with E-state index in [0.29, 0.717) is 18.8 Å². The molecule has 6 heteroatoms. The average Bonchev–Trinajstić information content (AvgIpc) is 2.46. The summed E-state index contributed by atoms with van der Waals surface area (Å²) in [6.45, 7) is 1.24. The fraction of sp³-hybridized carbons (Fsp3) is 0.533. The van der Waals surface area contributed by atoms with Crippen molar-refractivity contribution < 1.29 is 22.7 Å². The Morgan fingerprint density at radius 1 is 1.38 bits per heavy atom. The third-order valence-corrected chi connectivity index (χ3v) is 3.66. The lowest BCUT2D eigenvalue weighted by Gasteiger charge is -2.29. The maximum Gasteiger partial charge on any atom is 0.417 e. The van der Waals surface area contributed by atoms with Gasteiger partial charge in [0.15, 0.2) is 6.29 Å². The van der Waals surface area contributed by atoms with Gasteiger partial charge in [0.2, 0.25) is 0 Å². The summed E-state index contributed by atoms with van der Waals surface area (Å²) in [7, 11) is 1.73. The molecule has 0 saturated carbocycles. The first kappa shape index (κ1) is 15.8. The number of anilines is 1. The van der Waals surface area contributed by atoms with Crippen molar-refractivity contribution in [2.45, 2.75) is 31.5 Å². The van der Waals surface area contributed by atoms with Gasteiger partial charge in [0.25, 0.3) is 0 Å². The topological polar surface area (TPSA) is 29.5 Å². The molecule has 1 aliphatic heterocycles. The van der Waals surface area contributed by atoms with Crippen LogP contribution in [0.1, 0.15) is 35.2 Å². The van der Waals surface area contributed by atoms with E-state index in [-0.39, 0.29) is 18.0 Å². The molecule has 1 aromatic carbocycles. The molecule has 0 radical (unpaired) electrons. The summed E-state index contributed by atoms with van der Waals surface area (Å²) in [4.78, 5) is 12.5. The lowest BCUT2D eigenvalue weighted by molar-refractivity contribution is -0.137. The summed E-state index contributed by atoms with van der Waals surface area (Å²) in [6.07, 6.45) is -1.22. The monoisotopic (exact) mass is 301 g/mol. The molecule has 1 heterocycles. The fourth-order valence-corrected chi connectivity index (χ4v) is 2.49. The smallest absolute Gasteiger partial charge is 0.376 e. The van der Waals surface area contributed by atoms with E-state index in [1.54, 1.807) is 11.9 Å². The standard InChI is InChI=1S/C15H18F3NO2/c1-19(9-13-4-2-3-7-21-13)12-6-5-11(10-20)14(8-12)15(16,17)18/h5-6,8,10,13H,2-4,7,9H2,1H3. The molecule has 116 valence electrons. The Morgan fingerprint density at radius 3 is 2.71 bits per heavy atom. The first-order valence-electron chi connectivity index (χ1n) is 6.91. The van der Waals surface area contributed by atoms with Gasteiger partial charge in [0.1, 0.15) is 0 Å². The van der Waals surface area contributed by atoms with E-state index >= 15 is 0 Å². The second-order valence-corrected chi connectivity index (χ2v) is 5.26. The van der Waals surface area contributed by atoms with Crippen molar-refractivity contribution in [3.63, 3.8) is 0 Å². The van der Waals surface area contributed by atoms with Gasteiger partial charge in [-0.25, -0.2) is 0 Å². The van der Waals surface area contributed by atoms with Crippen LogP contribution in [-0.4, -0.2) is 32.6 Å². The van der Waals surface area contributed by atoms with Crippen LogP contribution in [0.3, 0.4) is 0 Å². The van der Waals surface area contributed by atoms with Crippen LogP contribution < -0.4 is 4.90 Å². The number of carbonyl (C=O) groups excluding carboxylic acids is 1. The molecule has 21 heavy (non-hydrogen) atoms. The number of nitrogens with zero attached hydrogens (tertiary/aromatic N) is 1. The zero-order valence-electron chi connectivity index (χ0n) is 11.8. The van der Waals surface area contributed by atoms with Gasteiger partial charge in [-0.15, -0.1) is 0 Å². The van der Waals surface area contributed by atoms with Gasteiger partial charge < -0.3 is 9.64 Å². The molecule has 1 atom stereocenters. The minimum Gasteiger partial charge on any atom is -0.376 e. The number of likely N-dealkylation sites (N-methyl/N-ethyl adjacent to an activating group) is 1. The van der Waals surface area contributed by atoms with E-state index < -0.39 is 11.7 Å². The SMILES string of the molecule is CN(CC1CCCCO1)c1ccc(C=O)c(C(F)(F)F)c1. The van der Waals surface area contributed by atoms with Crippen LogP contribution in [0.15, 0.2) is 18.2 Å². The van der Waals surface area contributed by atoms with Crippen molar-refractivity contribution in [2.75, 3.05) is 25.1 Å². The van der Waals surface area contributed by atoms with Crippen LogP contribution in [0, 0.1) is 0 Å². The van der Waals surface area contributed by atoms with Gasteiger partial charge in [-0.3, -0.25) is 4.79 Å². The van der Waals surface area contributed by atoms with Gasteiger partial charge in [-0.05, 0) is 37.5 Å². The molecular formula is C15H18F3NO2. The van der Waals surface area contributed by atoms with Crippen LogP contribution in [0.2, 0.25) is 0 Å². The molecule has 1 aliphatic rings. The Morgan fingerprint density at radius 2 is 2.14 bits per heavy atom. The van der Waals surface area contributed by atoms with E-state index in [9.17, 15) is 18.0 Å². The minimum atomic E-state index is -4.53. The van der Waals surface area contributed by atoms with E-state index in [1.807, 2.05) is 0 Å². The van der Waals surface area contributed by atoms with E-state index in [1.165, 1.54) is 12.1 Å². The number of hydrogen-bond acceptors (Lipinski definition) is 3. The van der Waals surface area contributed by atoms with Gasteiger partial charge in [-0.2, -0.15) is 13.2 Å². The molecule has 1 saturated heterocycles. The number of rotatable bonds is 4. The Kier molecular flexibility index (Phi) is 4.88. The number of benzene rings is 1. The van der Waals surface area contributed by atoms with Crippen LogP contribution >= 0.6 is 0 Å². The summed E-state index contributed by atoms with van der Waals surface area (Å²) in [5.74, 6) is 0. The molecule has 3 nitrogen and oxygen atoms in total. The van der Waals surface area contributed by atoms with Crippen molar-refractivity contribution in [3.8, 4) is 0 Å². The highest BCUT2D eigenvalue weighted by Gasteiger charge is 2.34. The molecule has 1 aromatic rings. The molecule has 0 spiro atoms. The van der Waals surface area contributed by atoms with E-state index in [2.05, 4.69) is 0 Å². The van der Waals surface area contributed by atoms with Gasteiger partial charge >= 0.3 is 6.18 Å². The second-order valence-electron chi connectivity index (χ2n) is 5.26. The summed E-state index contributed by atoms with van der Waals surface area (Å²) in [5, 5.41) is 0. The molecule has 2 rings (SSSR count). The van der Waals surface area contributed by atoms with Gasteiger partial charge in [0, 0.05) is 31.5 Å². The number of ether oxygens (including phenoxy) is 1. The summed E-state index contributed by atoms with van der Waals surface area (Å²) < 4.78 is 44.4. The lowest BCUT2D eigenvalue weighted by Crippen LogP contribution is -2.33. The Balaban J connectivity index is 2.17. The first-order chi connectivity index (χ1) is 9.91. The number of hydrogen-bond donors (Lipinski definition) is 0. The number of carbonyl (C=O) groups is 1. The number of aldehydes is 1. The predicted octanol–water partition coefficient (Wildman–Crippen LogP) is 3.52. The van der Waals surface area contributed by atoms with Crippen LogP contribution in [0.4, 0.5) is 18.9 Å². The first-order valence-corrected chi connectivity index (χ1v) is 6.91. The average molecular weight is 301 g/mol. The largest absolute Gasteiger partial charge is 0.417 e. The van der Waals surface area contributed by atoms with E-state index in [4.69, 9.17) is 4.74 Å². The highest BCUT2D eigenvalue weighted by molar-refractivity contribution is 5.79. The lowest BCUT2D eigenvalue weighted by atomic mass is 10.1. The summed E-state index contributed by atoms with van der Waals surface area (Å²) in [5.41, 5.74) is -0.804.